The Labute approximate surface area is 163 Å². The minimum Gasteiger partial charge on any atom is -0.306 e. The van der Waals surface area contributed by atoms with Crippen LogP contribution < -0.4 is 5.56 Å². The number of likely N-dealkylation sites (tertiary alicyclic amines) is 1. The van der Waals surface area contributed by atoms with Crippen molar-refractivity contribution in [3.05, 3.63) is 64.8 Å². The number of hydrogen-bond acceptors (Lipinski definition) is 4. The van der Waals surface area contributed by atoms with Crippen molar-refractivity contribution in [2.24, 2.45) is 7.05 Å². The van der Waals surface area contributed by atoms with E-state index in [4.69, 9.17) is 0 Å². The van der Waals surface area contributed by atoms with Crippen LogP contribution in [0.2, 0.25) is 0 Å². The fourth-order valence-corrected chi connectivity index (χ4v) is 4.20. The van der Waals surface area contributed by atoms with Gasteiger partial charge in [0, 0.05) is 18.6 Å². The van der Waals surface area contributed by atoms with E-state index in [0.717, 1.165) is 48.0 Å². The van der Waals surface area contributed by atoms with Gasteiger partial charge in [-0.3, -0.25) is 14.0 Å². The van der Waals surface area contributed by atoms with Crippen LogP contribution in [0.1, 0.15) is 24.3 Å². The topological polar surface area (TPSA) is 56.0 Å². The van der Waals surface area contributed by atoms with E-state index in [1.165, 1.54) is 5.56 Å². The van der Waals surface area contributed by atoms with Gasteiger partial charge in [0.15, 0.2) is 0 Å². The van der Waals surface area contributed by atoms with Gasteiger partial charge in [-0.15, -0.1) is 0 Å². The van der Waals surface area contributed by atoms with Gasteiger partial charge in [-0.2, -0.15) is 5.10 Å². The first kappa shape index (κ1) is 17.1. The third-order valence-electron chi connectivity index (χ3n) is 5.85. The molecule has 0 radical (unpaired) electrons. The lowest BCUT2D eigenvalue weighted by atomic mass is 9.89. The zero-order valence-electron chi connectivity index (χ0n) is 16.2. The van der Waals surface area contributed by atoms with Crippen LogP contribution in [-0.2, 0) is 7.05 Å². The summed E-state index contributed by atoms with van der Waals surface area (Å²) in [7, 11) is 4.06. The molecule has 1 fully saturated rings. The summed E-state index contributed by atoms with van der Waals surface area (Å²) < 4.78 is 3.39. The Balaban J connectivity index is 1.55. The lowest BCUT2D eigenvalue weighted by Crippen LogP contribution is -2.29. The maximum Gasteiger partial charge on any atom is 0.265 e. The Kier molecular flexibility index (Phi) is 4.02. The fourth-order valence-electron chi connectivity index (χ4n) is 4.20. The van der Waals surface area contributed by atoms with E-state index in [1.807, 2.05) is 37.5 Å². The summed E-state index contributed by atoms with van der Waals surface area (Å²) in [6, 6.07) is 12.0. The van der Waals surface area contributed by atoms with Crippen LogP contribution in [0.15, 0.2) is 53.7 Å². The highest BCUT2D eigenvalue weighted by Gasteiger charge is 2.19. The molecule has 0 aliphatic carbocycles. The summed E-state index contributed by atoms with van der Waals surface area (Å²) in [4.78, 5) is 20.1. The summed E-state index contributed by atoms with van der Waals surface area (Å²) in [5, 5.41) is 6.05. The molecule has 1 saturated heterocycles. The van der Waals surface area contributed by atoms with Crippen molar-refractivity contribution in [3.63, 3.8) is 0 Å². The highest BCUT2D eigenvalue weighted by molar-refractivity contribution is 5.81. The van der Waals surface area contributed by atoms with Crippen LogP contribution in [0.25, 0.3) is 27.5 Å². The first-order valence-corrected chi connectivity index (χ1v) is 9.72. The number of aryl methyl sites for hydroxylation is 1. The summed E-state index contributed by atoms with van der Waals surface area (Å²) in [5.74, 6) is 0.554. The Bertz CT molecular complexity index is 1230. The van der Waals surface area contributed by atoms with Crippen LogP contribution in [-0.4, -0.2) is 44.4 Å². The van der Waals surface area contributed by atoms with E-state index >= 15 is 0 Å². The van der Waals surface area contributed by atoms with E-state index in [1.54, 1.807) is 15.6 Å². The summed E-state index contributed by atoms with van der Waals surface area (Å²) in [6.07, 6.45) is 5.90. The van der Waals surface area contributed by atoms with E-state index < -0.39 is 0 Å². The number of benzene rings is 2. The second-order valence-corrected chi connectivity index (χ2v) is 7.82. The molecule has 6 nitrogen and oxygen atoms in total. The minimum atomic E-state index is -0.0387. The molecular formula is C22H23N5O. The average molecular weight is 373 g/mol. The Morgan fingerprint density at radius 2 is 1.82 bits per heavy atom. The van der Waals surface area contributed by atoms with E-state index in [9.17, 15) is 4.79 Å². The molecule has 142 valence electrons. The quantitative estimate of drug-likeness (QED) is 0.542. The molecule has 3 heterocycles. The van der Waals surface area contributed by atoms with Gasteiger partial charge in [-0.1, -0.05) is 6.07 Å². The average Bonchev–Trinajstić information content (AvgIpc) is 3.08. The van der Waals surface area contributed by atoms with Crippen LogP contribution in [0.5, 0.6) is 0 Å². The molecule has 28 heavy (non-hydrogen) atoms. The van der Waals surface area contributed by atoms with Crippen molar-refractivity contribution in [2.45, 2.75) is 18.8 Å². The number of piperidine rings is 1. The van der Waals surface area contributed by atoms with E-state index in [0.29, 0.717) is 11.3 Å². The third-order valence-corrected chi connectivity index (χ3v) is 5.85. The Morgan fingerprint density at radius 1 is 1.00 bits per heavy atom. The first-order valence-electron chi connectivity index (χ1n) is 9.72. The monoisotopic (exact) mass is 373 g/mol. The van der Waals surface area contributed by atoms with Crippen molar-refractivity contribution in [1.29, 1.82) is 0 Å². The number of rotatable bonds is 2. The Hall–Kier alpha value is -2.99. The number of fused-ring (bicyclic) bond motifs is 2. The van der Waals surface area contributed by atoms with Crippen molar-refractivity contribution < 1.29 is 0 Å². The van der Waals surface area contributed by atoms with Gasteiger partial charge >= 0.3 is 0 Å². The van der Waals surface area contributed by atoms with Gasteiger partial charge in [0.05, 0.1) is 22.1 Å². The molecule has 0 amide bonds. The van der Waals surface area contributed by atoms with Gasteiger partial charge in [0.1, 0.15) is 6.33 Å². The lowest BCUT2D eigenvalue weighted by Gasteiger charge is -2.29. The number of nitrogens with zero attached hydrogens (tertiary/aromatic N) is 5. The van der Waals surface area contributed by atoms with Crippen LogP contribution in [0.3, 0.4) is 0 Å². The molecule has 0 N–H and O–H groups in total. The maximum atomic E-state index is 13.1. The predicted molar refractivity (Wildman–Crippen MR) is 111 cm³/mol. The van der Waals surface area contributed by atoms with Gasteiger partial charge in [0.2, 0.25) is 0 Å². The maximum absolute atomic E-state index is 13.1. The molecule has 6 heteroatoms. The van der Waals surface area contributed by atoms with Crippen LogP contribution in [0, 0.1) is 0 Å². The molecule has 0 saturated carbocycles. The molecule has 5 rings (SSSR count). The fraction of sp³-hybridized carbons (Fsp3) is 0.318. The highest BCUT2D eigenvalue weighted by atomic mass is 16.1. The van der Waals surface area contributed by atoms with Gasteiger partial charge in [0.25, 0.3) is 5.56 Å². The second kappa shape index (κ2) is 6.56. The van der Waals surface area contributed by atoms with Crippen molar-refractivity contribution >= 4 is 21.8 Å². The normalized spacial score (nSPS) is 16.2. The van der Waals surface area contributed by atoms with Crippen molar-refractivity contribution in [3.8, 4) is 5.69 Å². The zero-order chi connectivity index (χ0) is 19.3. The largest absolute Gasteiger partial charge is 0.306 e. The van der Waals surface area contributed by atoms with Crippen LogP contribution >= 0.6 is 0 Å². The highest BCUT2D eigenvalue weighted by Crippen LogP contribution is 2.28. The molecule has 0 atom stereocenters. The number of aromatic nitrogens is 4. The molecule has 4 aromatic rings. The molecule has 2 aromatic heterocycles. The third kappa shape index (κ3) is 2.90. The lowest BCUT2D eigenvalue weighted by molar-refractivity contribution is 0.255. The Morgan fingerprint density at radius 3 is 2.64 bits per heavy atom. The second-order valence-electron chi connectivity index (χ2n) is 7.82. The molecule has 0 bridgehead atoms. The van der Waals surface area contributed by atoms with Crippen molar-refractivity contribution in [1.82, 2.24) is 24.2 Å². The van der Waals surface area contributed by atoms with Crippen molar-refractivity contribution in [2.75, 3.05) is 20.1 Å². The van der Waals surface area contributed by atoms with Crippen LogP contribution in [0.4, 0.5) is 0 Å². The summed E-state index contributed by atoms with van der Waals surface area (Å²) >= 11 is 0. The molecule has 0 unspecified atom stereocenters. The summed E-state index contributed by atoms with van der Waals surface area (Å²) in [5.41, 5.74) is 3.75. The molecular weight excluding hydrogens is 350 g/mol. The molecule has 1 aliphatic rings. The minimum absolute atomic E-state index is 0.0387. The standard InChI is InChI=1S/C22H23N5O/c1-25-9-7-15(8-10-25)16-3-5-19-21(12-16)23-14-27(22(19)28)18-4-6-20-17(11-18)13-26(2)24-20/h3-6,11-15H,7-10H2,1-2H3. The van der Waals surface area contributed by atoms with E-state index in [-0.39, 0.29) is 5.56 Å². The smallest absolute Gasteiger partial charge is 0.265 e. The van der Waals surface area contributed by atoms with Gasteiger partial charge < -0.3 is 4.90 Å². The zero-order valence-corrected chi connectivity index (χ0v) is 16.2. The summed E-state index contributed by atoms with van der Waals surface area (Å²) in [6.45, 7) is 2.24. The number of hydrogen-bond donors (Lipinski definition) is 0. The SMILES string of the molecule is CN1CCC(c2ccc3c(=O)n(-c4ccc5nn(C)cc5c4)cnc3c2)CC1. The predicted octanol–water partition coefficient (Wildman–Crippen LogP) is 3.08. The molecule has 1 aliphatic heterocycles. The molecule has 0 spiro atoms. The van der Waals surface area contributed by atoms with E-state index in [2.05, 4.69) is 34.2 Å². The molecule has 2 aromatic carbocycles. The first-order chi connectivity index (χ1) is 13.6. The van der Waals surface area contributed by atoms with Gasteiger partial charge in [-0.05, 0) is 74.8 Å². The van der Waals surface area contributed by atoms with Gasteiger partial charge in [-0.25, -0.2) is 4.98 Å².